The first-order valence-electron chi connectivity index (χ1n) is 8.50. The first kappa shape index (κ1) is 24.1. The molecule has 0 aliphatic heterocycles. The van der Waals surface area contributed by atoms with Crippen LogP contribution in [-0.2, 0) is 4.79 Å². The molecule has 0 bridgehead atoms. The molecule has 0 spiro atoms. The van der Waals surface area contributed by atoms with Gasteiger partial charge in [-0.2, -0.15) is 5.26 Å². The zero-order valence-electron chi connectivity index (χ0n) is 15.6. The van der Waals surface area contributed by atoms with Crippen molar-refractivity contribution in [1.29, 1.82) is 5.26 Å². The third kappa shape index (κ3) is 8.49. The normalized spacial score (nSPS) is 12.0. The number of nitriles is 1. The quantitative estimate of drug-likeness (QED) is 0.545. The van der Waals surface area contributed by atoms with Gasteiger partial charge < -0.3 is 5.32 Å². The highest BCUT2D eigenvalue weighted by atomic mass is 32.1. The van der Waals surface area contributed by atoms with E-state index in [0.717, 1.165) is 5.69 Å². The second kappa shape index (κ2) is 14.5. The standard InChI is InChI=1S/C12H12N4OS.3C2H6/c13-8-12(6-7-12)10(17)15-16-11(18)14-9-4-2-1-3-5-9;3*1-2/h1-5H,6-7H2,(H,15,17)(H2,14,16,18);3*1-2H3. The van der Waals surface area contributed by atoms with Gasteiger partial charge in [0.25, 0.3) is 5.91 Å². The molecule has 0 aromatic heterocycles. The summed E-state index contributed by atoms with van der Waals surface area (Å²) in [5.74, 6) is -0.331. The number of rotatable bonds is 2. The Morgan fingerprint density at radius 1 is 1.04 bits per heavy atom. The number of carbonyl (C=O) groups excluding carboxylic acids is 1. The molecule has 0 atom stereocenters. The van der Waals surface area contributed by atoms with Gasteiger partial charge in [-0.1, -0.05) is 59.7 Å². The number of thiocarbonyl (C=S) groups is 1. The minimum atomic E-state index is -0.852. The van der Waals surface area contributed by atoms with Gasteiger partial charge in [-0.25, -0.2) is 0 Å². The van der Waals surface area contributed by atoms with Gasteiger partial charge in [-0.15, -0.1) is 0 Å². The summed E-state index contributed by atoms with van der Waals surface area (Å²) < 4.78 is 0. The zero-order chi connectivity index (χ0) is 19.0. The van der Waals surface area contributed by atoms with Crippen molar-refractivity contribution in [3.63, 3.8) is 0 Å². The maximum absolute atomic E-state index is 11.6. The van der Waals surface area contributed by atoms with Gasteiger partial charge in [0.1, 0.15) is 5.41 Å². The molecule has 3 N–H and O–H groups in total. The third-order valence-corrected chi connectivity index (χ3v) is 2.92. The smallest absolute Gasteiger partial charge is 0.258 e. The van der Waals surface area contributed by atoms with E-state index in [-0.39, 0.29) is 11.0 Å². The van der Waals surface area contributed by atoms with Gasteiger partial charge in [0.2, 0.25) is 0 Å². The third-order valence-electron chi connectivity index (χ3n) is 2.72. The minimum Gasteiger partial charge on any atom is -0.331 e. The molecule has 134 valence electrons. The SMILES string of the molecule is CC.CC.CC.N#CC1(C(=O)NNC(=S)Nc2ccccc2)CC1. The van der Waals surface area contributed by atoms with Crippen molar-refractivity contribution < 1.29 is 4.79 Å². The van der Waals surface area contributed by atoms with E-state index in [1.54, 1.807) is 0 Å². The van der Waals surface area contributed by atoms with Crippen molar-refractivity contribution in [2.45, 2.75) is 54.4 Å². The number of hydrogen-bond donors (Lipinski definition) is 3. The van der Waals surface area contributed by atoms with Crippen LogP contribution in [0.2, 0.25) is 0 Å². The highest BCUT2D eigenvalue weighted by Gasteiger charge is 2.50. The van der Waals surface area contributed by atoms with Crippen LogP contribution in [0.1, 0.15) is 54.4 Å². The topological polar surface area (TPSA) is 77.0 Å². The molecule has 1 aliphatic rings. The molecule has 6 heteroatoms. The van der Waals surface area contributed by atoms with Gasteiger partial charge in [0.05, 0.1) is 6.07 Å². The molecule has 1 aliphatic carbocycles. The number of amides is 1. The van der Waals surface area contributed by atoms with E-state index in [1.807, 2.05) is 77.9 Å². The molecule has 1 amide bonds. The Bertz CT molecular complexity index is 508. The Kier molecular flexibility index (Phi) is 14.5. The molecular formula is C18H30N4OS. The van der Waals surface area contributed by atoms with Crippen LogP contribution in [0, 0.1) is 16.7 Å². The minimum absolute atomic E-state index is 0.281. The Morgan fingerprint density at radius 3 is 1.96 bits per heavy atom. The molecule has 0 saturated heterocycles. The molecule has 1 saturated carbocycles. The van der Waals surface area contributed by atoms with Crippen molar-refractivity contribution >= 4 is 28.9 Å². The number of benzene rings is 1. The first-order valence-corrected chi connectivity index (χ1v) is 8.91. The lowest BCUT2D eigenvalue weighted by Gasteiger charge is -2.12. The van der Waals surface area contributed by atoms with Crippen LogP contribution in [0.25, 0.3) is 0 Å². The summed E-state index contributed by atoms with van der Waals surface area (Å²) in [5.41, 5.74) is 5.00. The Balaban J connectivity index is 0. The summed E-state index contributed by atoms with van der Waals surface area (Å²) in [6, 6.07) is 11.4. The fourth-order valence-electron chi connectivity index (χ4n) is 1.43. The molecular weight excluding hydrogens is 320 g/mol. The van der Waals surface area contributed by atoms with E-state index >= 15 is 0 Å². The number of carbonyl (C=O) groups is 1. The monoisotopic (exact) mass is 350 g/mol. The molecule has 0 radical (unpaired) electrons. The van der Waals surface area contributed by atoms with Gasteiger partial charge in [-0.3, -0.25) is 15.6 Å². The number of nitrogens with one attached hydrogen (secondary N) is 3. The lowest BCUT2D eigenvalue weighted by molar-refractivity contribution is -0.125. The predicted molar refractivity (Wildman–Crippen MR) is 105 cm³/mol. The number of anilines is 1. The summed E-state index contributed by atoms with van der Waals surface area (Å²) in [5, 5.41) is 12.0. The second-order valence-corrected chi connectivity index (χ2v) is 4.50. The maximum atomic E-state index is 11.6. The number of nitrogens with zero attached hydrogens (tertiary/aromatic N) is 1. The fourth-order valence-corrected chi connectivity index (χ4v) is 1.60. The summed E-state index contributed by atoms with van der Waals surface area (Å²) in [4.78, 5) is 11.6. The van der Waals surface area contributed by atoms with E-state index < -0.39 is 5.41 Å². The molecule has 1 fully saturated rings. The number of hydrogen-bond acceptors (Lipinski definition) is 3. The van der Waals surface area contributed by atoms with Crippen molar-refractivity contribution in [1.82, 2.24) is 10.9 Å². The highest BCUT2D eigenvalue weighted by molar-refractivity contribution is 7.80. The number of para-hydroxylation sites is 1. The van der Waals surface area contributed by atoms with Crippen molar-refractivity contribution in [2.24, 2.45) is 5.41 Å². The Morgan fingerprint density at radius 2 is 1.54 bits per heavy atom. The van der Waals surface area contributed by atoms with E-state index in [4.69, 9.17) is 17.5 Å². The van der Waals surface area contributed by atoms with Gasteiger partial charge >= 0.3 is 0 Å². The largest absolute Gasteiger partial charge is 0.331 e. The predicted octanol–water partition coefficient (Wildman–Crippen LogP) is 4.39. The Labute approximate surface area is 151 Å². The molecule has 0 heterocycles. The van der Waals surface area contributed by atoms with E-state index in [0.29, 0.717) is 12.8 Å². The van der Waals surface area contributed by atoms with Gasteiger partial charge in [-0.05, 0) is 37.2 Å². The second-order valence-electron chi connectivity index (χ2n) is 4.09. The number of hydrazine groups is 1. The zero-order valence-corrected chi connectivity index (χ0v) is 16.4. The average Bonchev–Trinajstić information content (AvgIpc) is 3.47. The van der Waals surface area contributed by atoms with Crippen LogP contribution < -0.4 is 16.2 Å². The lowest BCUT2D eigenvalue weighted by Crippen LogP contribution is -2.46. The van der Waals surface area contributed by atoms with Crippen molar-refractivity contribution in [3.8, 4) is 6.07 Å². The first-order chi connectivity index (χ1) is 11.7. The maximum Gasteiger partial charge on any atom is 0.258 e. The Hall–Kier alpha value is -2.13. The summed E-state index contributed by atoms with van der Waals surface area (Å²) in [6.07, 6.45) is 1.21. The molecule has 24 heavy (non-hydrogen) atoms. The average molecular weight is 351 g/mol. The van der Waals surface area contributed by atoms with Crippen LogP contribution in [0.4, 0.5) is 5.69 Å². The molecule has 2 rings (SSSR count). The molecule has 1 aromatic rings. The highest BCUT2D eigenvalue weighted by Crippen LogP contribution is 2.44. The van der Waals surface area contributed by atoms with E-state index in [2.05, 4.69) is 16.2 Å². The summed E-state index contributed by atoms with van der Waals surface area (Å²) in [7, 11) is 0. The molecule has 5 nitrogen and oxygen atoms in total. The van der Waals surface area contributed by atoms with Crippen LogP contribution in [-0.4, -0.2) is 11.0 Å². The van der Waals surface area contributed by atoms with Crippen LogP contribution in [0.5, 0.6) is 0 Å². The summed E-state index contributed by atoms with van der Waals surface area (Å²) in [6.45, 7) is 12.0. The van der Waals surface area contributed by atoms with Crippen LogP contribution >= 0.6 is 12.2 Å². The van der Waals surface area contributed by atoms with Gasteiger partial charge in [0.15, 0.2) is 5.11 Å². The van der Waals surface area contributed by atoms with Gasteiger partial charge in [0, 0.05) is 5.69 Å². The summed E-state index contributed by atoms with van der Waals surface area (Å²) >= 11 is 5.01. The fraction of sp³-hybridized carbons (Fsp3) is 0.500. The molecule has 0 unspecified atom stereocenters. The van der Waals surface area contributed by atoms with E-state index in [1.165, 1.54) is 0 Å². The lowest BCUT2D eigenvalue weighted by atomic mass is 10.1. The van der Waals surface area contributed by atoms with Crippen molar-refractivity contribution in [3.05, 3.63) is 30.3 Å². The molecule has 1 aromatic carbocycles. The van der Waals surface area contributed by atoms with Crippen LogP contribution in [0.3, 0.4) is 0 Å². The van der Waals surface area contributed by atoms with E-state index in [9.17, 15) is 4.79 Å². The van der Waals surface area contributed by atoms with Crippen molar-refractivity contribution in [2.75, 3.05) is 5.32 Å². The van der Waals surface area contributed by atoms with Crippen LogP contribution in [0.15, 0.2) is 30.3 Å².